The highest BCUT2D eigenvalue weighted by atomic mass is 32.2. The highest BCUT2D eigenvalue weighted by Crippen LogP contribution is 2.29. The van der Waals surface area contributed by atoms with Gasteiger partial charge in [-0.15, -0.1) is 11.8 Å². The van der Waals surface area contributed by atoms with Gasteiger partial charge in [0.15, 0.2) is 6.61 Å². The number of carboxylic acids is 1. The van der Waals surface area contributed by atoms with E-state index in [1.165, 1.54) is 0 Å². The van der Waals surface area contributed by atoms with Crippen LogP contribution >= 0.6 is 11.8 Å². The van der Waals surface area contributed by atoms with Crippen LogP contribution in [-0.2, 0) is 4.79 Å². The number of benzene rings is 3. The summed E-state index contributed by atoms with van der Waals surface area (Å²) in [7, 11) is 0. The lowest BCUT2D eigenvalue weighted by Gasteiger charge is -2.11. The number of aryl methyl sites for hydroxylation is 1. The van der Waals surface area contributed by atoms with E-state index >= 15 is 0 Å². The molecule has 3 aromatic rings. The molecule has 0 atom stereocenters. The topological polar surface area (TPSA) is 46.5 Å². The van der Waals surface area contributed by atoms with E-state index < -0.39 is 5.97 Å². The predicted octanol–water partition coefficient (Wildman–Crippen LogP) is 8.48. The van der Waals surface area contributed by atoms with Crippen LogP contribution in [0.1, 0.15) is 69.4 Å². The average Bonchev–Trinajstić information content (AvgIpc) is 2.88. The van der Waals surface area contributed by atoms with Gasteiger partial charge in [0.05, 0.1) is 0 Å². The Bertz CT molecular complexity index is 1400. The Morgan fingerprint density at radius 3 is 1.75 bits per heavy atom. The van der Waals surface area contributed by atoms with Crippen LogP contribution in [0.25, 0.3) is 5.57 Å². The van der Waals surface area contributed by atoms with E-state index in [0.29, 0.717) is 5.75 Å². The zero-order chi connectivity index (χ0) is 29.3. The molecule has 3 rings (SSSR count). The maximum Gasteiger partial charge on any atom is 0.341 e. The van der Waals surface area contributed by atoms with Crippen molar-refractivity contribution in [2.75, 3.05) is 12.4 Å². The van der Waals surface area contributed by atoms with E-state index in [0.717, 1.165) is 44.0 Å². The van der Waals surface area contributed by atoms with Crippen molar-refractivity contribution in [2.45, 2.75) is 53.4 Å². The molecule has 0 unspecified atom stereocenters. The molecule has 0 radical (unpaired) electrons. The van der Waals surface area contributed by atoms with Crippen LogP contribution in [0.3, 0.4) is 0 Å². The van der Waals surface area contributed by atoms with E-state index in [1.807, 2.05) is 25.1 Å². The minimum Gasteiger partial charge on any atom is -0.482 e. The van der Waals surface area contributed by atoms with Gasteiger partial charge in [0.1, 0.15) is 5.75 Å². The fourth-order valence-electron chi connectivity index (χ4n) is 3.62. The second-order valence-corrected chi connectivity index (χ2v) is 12.8. The van der Waals surface area contributed by atoms with Crippen molar-refractivity contribution in [1.29, 1.82) is 0 Å². The summed E-state index contributed by atoms with van der Waals surface area (Å²) in [6.07, 6.45) is 2.25. The van der Waals surface area contributed by atoms with Crippen LogP contribution in [-0.4, -0.2) is 23.4 Å². The maximum atomic E-state index is 10.8. The first-order chi connectivity index (χ1) is 18.8. The average molecular weight is 551 g/mol. The fourth-order valence-corrected chi connectivity index (χ4v) is 4.49. The van der Waals surface area contributed by atoms with Gasteiger partial charge in [-0.25, -0.2) is 4.79 Å². The van der Waals surface area contributed by atoms with Crippen molar-refractivity contribution in [3.05, 3.63) is 101 Å². The SMILES string of the molecule is Cc1cc(SCC=C(c2ccc(C#CC(C)(C)C)cc2)c2ccc(C#CC(C)(C)C)cc2)ccc1OCC(=O)O. The zero-order valence-electron chi connectivity index (χ0n) is 24.5. The maximum absolute atomic E-state index is 10.8. The second-order valence-electron chi connectivity index (χ2n) is 11.7. The molecule has 0 saturated carbocycles. The van der Waals surface area contributed by atoms with Gasteiger partial charge in [0.25, 0.3) is 0 Å². The summed E-state index contributed by atoms with van der Waals surface area (Å²) < 4.78 is 5.36. The molecule has 1 N–H and O–H groups in total. The molecule has 3 nitrogen and oxygen atoms in total. The number of rotatable bonds is 8. The van der Waals surface area contributed by atoms with Crippen LogP contribution in [0, 0.1) is 41.4 Å². The predicted molar refractivity (Wildman–Crippen MR) is 168 cm³/mol. The summed E-state index contributed by atoms with van der Waals surface area (Å²) in [6, 6.07) is 22.7. The molecule has 206 valence electrons. The zero-order valence-corrected chi connectivity index (χ0v) is 25.3. The Morgan fingerprint density at radius 2 is 1.32 bits per heavy atom. The molecule has 4 heteroatoms. The molecule has 0 aromatic heterocycles. The number of ether oxygens (including phenoxy) is 1. The third-order valence-corrected chi connectivity index (χ3v) is 6.51. The first-order valence-electron chi connectivity index (χ1n) is 13.3. The van der Waals surface area contributed by atoms with Crippen LogP contribution in [0.4, 0.5) is 0 Å². The Balaban J connectivity index is 1.87. The molecule has 0 aliphatic carbocycles. The summed E-state index contributed by atoms with van der Waals surface area (Å²) >= 11 is 1.72. The monoisotopic (exact) mass is 550 g/mol. The fraction of sp³-hybridized carbons (Fsp3) is 0.306. The molecule has 0 bridgehead atoms. The lowest BCUT2D eigenvalue weighted by Crippen LogP contribution is -2.09. The number of hydrogen-bond acceptors (Lipinski definition) is 3. The Kier molecular flexibility index (Phi) is 10.3. The molecule has 0 spiro atoms. The lowest BCUT2D eigenvalue weighted by molar-refractivity contribution is -0.139. The standard InChI is InChI=1S/C36H38O3S/c1-26-24-31(16-17-33(26)39-25-34(37)38)40-23-20-32(29-12-8-27(9-13-29)18-21-35(2,3)4)30-14-10-28(11-15-30)19-22-36(5,6)7/h8-17,20,24H,23,25H2,1-7H3,(H,37,38). The van der Waals surface area contributed by atoms with Gasteiger partial charge in [0.2, 0.25) is 0 Å². The van der Waals surface area contributed by atoms with Gasteiger partial charge in [-0.05, 0) is 113 Å². The van der Waals surface area contributed by atoms with Gasteiger partial charge >= 0.3 is 5.97 Å². The number of aliphatic carboxylic acids is 1. The molecular formula is C36H38O3S. The van der Waals surface area contributed by atoms with Crippen molar-refractivity contribution in [2.24, 2.45) is 10.8 Å². The Hall–Kier alpha value is -3.86. The molecule has 0 amide bonds. The van der Waals surface area contributed by atoms with Crippen LogP contribution in [0.2, 0.25) is 0 Å². The third-order valence-electron chi connectivity index (χ3n) is 5.59. The number of hydrogen-bond donors (Lipinski definition) is 1. The first-order valence-corrected chi connectivity index (χ1v) is 14.3. The van der Waals surface area contributed by atoms with Gasteiger partial charge in [0, 0.05) is 32.6 Å². The number of thioether (sulfide) groups is 1. The second kappa shape index (κ2) is 13.5. The molecule has 3 aromatic carbocycles. The minimum absolute atomic E-state index is 0.0441. The Labute approximate surface area is 244 Å². The normalized spacial score (nSPS) is 11.0. The van der Waals surface area contributed by atoms with Gasteiger partial charge in [-0.1, -0.05) is 54.0 Å². The van der Waals surface area contributed by atoms with Crippen molar-refractivity contribution in [3.63, 3.8) is 0 Å². The molecule has 0 aliphatic rings. The van der Waals surface area contributed by atoms with E-state index in [9.17, 15) is 4.79 Å². The molecule has 0 saturated heterocycles. The highest BCUT2D eigenvalue weighted by molar-refractivity contribution is 7.99. The Morgan fingerprint density at radius 1 is 0.825 bits per heavy atom. The van der Waals surface area contributed by atoms with Crippen molar-refractivity contribution in [1.82, 2.24) is 0 Å². The number of carboxylic acid groups (broad SMARTS) is 1. The van der Waals surface area contributed by atoms with Crippen LogP contribution in [0.15, 0.2) is 77.7 Å². The highest BCUT2D eigenvalue weighted by Gasteiger charge is 2.09. The van der Waals surface area contributed by atoms with Gasteiger partial charge in [-0.3, -0.25) is 0 Å². The van der Waals surface area contributed by atoms with E-state index in [4.69, 9.17) is 9.84 Å². The van der Waals surface area contributed by atoms with Crippen molar-refractivity contribution >= 4 is 23.3 Å². The minimum atomic E-state index is -0.987. The first kappa shape index (κ1) is 30.7. The lowest BCUT2D eigenvalue weighted by atomic mass is 9.94. The number of carbonyl (C=O) groups is 1. The van der Waals surface area contributed by atoms with Crippen LogP contribution < -0.4 is 4.74 Å². The summed E-state index contributed by atoms with van der Waals surface area (Å²) in [5, 5.41) is 8.88. The van der Waals surface area contributed by atoms with Crippen molar-refractivity contribution in [3.8, 4) is 29.4 Å². The van der Waals surface area contributed by atoms with Gasteiger partial charge in [-0.2, -0.15) is 0 Å². The van der Waals surface area contributed by atoms with E-state index in [1.54, 1.807) is 11.8 Å². The van der Waals surface area contributed by atoms with E-state index in [2.05, 4.69) is 120 Å². The largest absolute Gasteiger partial charge is 0.482 e. The molecule has 0 aliphatic heterocycles. The van der Waals surface area contributed by atoms with Gasteiger partial charge < -0.3 is 9.84 Å². The smallest absolute Gasteiger partial charge is 0.341 e. The summed E-state index contributed by atoms with van der Waals surface area (Å²) in [6.45, 7) is 14.3. The van der Waals surface area contributed by atoms with Crippen LogP contribution in [0.5, 0.6) is 5.75 Å². The molecule has 40 heavy (non-hydrogen) atoms. The molecule has 0 fully saturated rings. The van der Waals surface area contributed by atoms with E-state index in [-0.39, 0.29) is 17.4 Å². The molecule has 0 heterocycles. The quantitative estimate of drug-likeness (QED) is 0.226. The summed E-state index contributed by atoms with van der Waals surface area (Å²) in [5.74, 6) is 13.5. The summed E-state index contributed by atoms with van der Waals surface area (Å²) in [4.78, 5) is 11.9. The summed E-state index contributed by atoms with van der Waals surface area (Å²) in [5.41, 5.74) is 6.23. The third kappa shape index (κ3) is 10.4. The van der Waals surface area contributed by atoms with Crippen molar-refractivity contribution < 1.29 is 14.6 Å². The molecular weight excluding hydrogens is 512 g/mol.